The Kier molecular flexibility index (Phi) is 3.97. The molecule has 1 N–H and O–H groups in total. The van der Waals surface area contributed by atoms with Crippen molar-refractivity contribution >= 4 is 34.0 Å². The number of anilines is 1. The standard InChI is InChI=1S/C20H17N3O2S/c1-22-17-9-8-14(10-18(17)23(2)20(22)25)21-19(24)16-12-26-11-15(16)13-6-4-3-5-7-13/h3-12H,1-2H3,(H,21,24). The zero-order valence-electron chi connectivity index (χ0n) is 14.4. The largest absolute Gasteiger partial charge is 0.328 e. The van der Waals surface area contributed by atoms with Crippen LogP contribution < -0.4 is 11.0 Å². The van der Waals surface area contributed by atoms with Crippen LogP contribution in [0.15, 0.2) is 64.1 Å². The molecule has 2 aromatic carbocycles. The predicted octanol–water partition coefficient (Wildman–Crippen LogP) is 3.86. The number of hydrogen-bond donors (Lipinski definition) is 1. The highest BCUT2D eigenvalue weighted by Gasteiger charge is 2.15. The van der Waals surface area contributed by atoms with Crippen molar-refractivity contribution in [3.8, 4) is 11.1 Å². The second kappa shape index (κ2) is 6.31. The minimum atomic E-state index is -0.162. The van der Waals surface area contributed by atoms with Crippen molar-refractivity contribution < 1.29 is 4.79 Å². The highest BCUT2D eigenvalue weighted by Crippen LogP contribution is 2.28. The van der Waals surface area contributed by atoms with Crippen LogP contribution in [0.2, 0.25) is 0 Å². The van der Waals surface area contributed by atoms with Gasteiger partial charge in [0.15, 0.2) is 0 Å². The van der Waals surface area contributed by atoms with Crippen molar-refractivity contribution in [2.45, 2.75) is 0 Å². The smallest absolute Gasteiger partial charge is 0.322 e. The fourth-order valence-electron chi connectivity index (χ4n) is 3.10. The van der Waals surface area contributed by atoms with Gasteiger partial charge in [-0.05, 0) is 29.1 Å². The quantitative estimate of drug-likeness (QED) is 0.601. The topological polar surface area (TPSA) is 56.0 Å². The molecule has 0 atom stereocenters. The Hall–Kier alpha value is -3.12. The van der Waals surface area contributed by atoms with Gasteiger partial charge in [0, 0.05) is 30.7 Å². The number of thiophene rings is 1. The molecular formula is C20H17N3O2S. The predicted molar refractivity (Wildman–Crippen MR) is 106 cm³/mol. The number of fused-ring (bicyclic) bond motifs is 1. The van der Waals surface area contributed by atoms with Crippen molar-refractivity contribution in [3.63, 3.8) is 0 Å². The molecule has 0 unspecified atom stereocenters. The Morgan fingerprint density at radius 3 is 2.46 bits per heavy atom. The van der Waals surface area contributed by atoms with Gasteiger partial charge in [-0.25, -0.2) is 4.79 Å². The van der Waals surface area contributed by atoms with Crippen LogP contribution in [0.1, 0.15) is 10.4 Å². The van der Waals surface area contributed by atoms with Crippen LogP contribution in [-0.2, 0) is 14.1 Å². The number of benzene rings is 2. The van der Waals surface area contributed by atoms with E-state index in [4.69, 9.17) is 0 Å². The van der Waals surface area contributed by atoms with Crippen molar-refractivity contribution in [3.05, 3.63) is 75.3 Å². The number of aromatic nitrogens is 2. The van der Waals surface area contributed by atoms with Crippen LogP contribution in [0.3, 0.4) is 0 Å². The fourth-order valence-corrected chi connectivity index (χ4v) is 3.93. The zero-order valence-corrected chi connectivity index (χ0v) is 15.2. The monoisotopic (exact) mass is 363 g/mol. The molecule has 4 rings (SSSR count). The van der Waals surface area contributed by atoms with Crippen molar-refractivity contribution in [2.75, 3.05) is 5.32 Å². The lowest BCUT2D eigenvalue weighted by atomic mass is 10.0. The van der Waals surface area contributed by atoms with Crippen molar-refractivity contribution in [1.29, 1.82) is 0 Å². The molecule has 2 aromatic heterocycles. The van der Waals surface area contributed by atoms with Crippen LogP contribution in [-0.4, -0.2) is 15.0 Å². The third kappa shape index (κ3) is 2.64. The molecule has 2 heterocycles. The second-order valence-corrected chi connectivity index (χ2v) is 6.87. The molecule has 0 radical (unpaired) electrons. The van der Waals surface area contributed by atoms with Crippen molar-refractivity contribution in [1.82, 2.24) is 9.13 Å². The highest BCUT2D eigenvalue weighted by molar-refractivity contribution is 7.08. The summed E-state index contributed by atoms with van der Waals surface area (Å²) in [5, 5.41) is 6.78. The Morgan fingerprint density at radius 1 is 0.962 bits per heavy atom. The van der Waals surface area contributed by atoms with Crippen molar-refractivity contribution in [2.24, 2.45) is 14.1 Å². The van der Waals surface area contributed by atoms with Gasteiger partial charge in [0.2, 0.25) is 0 Å². The van der Waals surface area contributed by atoms with Crippen LogP contribution in [0.4, 0.5) is 5.69 Å². The highest BCUT2D eigenvalue weighted by atomic mass is 32.1. The van der Waals surface area contributed by atoms with E-state index in [1.807, 2.05) is 59.3 Å². The van der Waals surface area contributed by atoms with Crippen LogP contribution in [0.5, 0.6) is 0 Å². The maximum atomic E-state index is 12.8. The Bertz CT molecular complexity index is 1170. The molecule has 4 aromatic rings. The van der Waals surface area contributed by atoms with E-state index in [2.05, 4.69) is 5.32 Å². The average Bonchev–Trinajstić information content (AvgIpc) is 3.23. The molecule has 0 aliphatic carbocycles. The molecule has 5 nitrogen and oxygen atoms in total. The summed E-state index contributed by atoms with van der Waals surface area (Å²) in [5.41, 5.74) is 4.76. The van der Waals surface area contributed by atoms with Gasteiger partial charge >= 0.3 is 5.69 Å². The number of rotatable bonds is 3. The number of carbonyl (C=O) groups excluding carboxylic acids is 1. The maximum Gasteiger partial charge on any atom is 0.328 e. The van der Waals surface area contributed by atoms with Gasteiger partial charge in [-0.15, -0.1) is 0 Å². The van der Waals surface area contributed by atoms with Gasteiger partial charge < -0.3 is 5.32 Å². The lowest BCUT2D eigenvalue weighted by Crippen LogP contribution is -2.19. The van der Waals surface area contributed by atoms with E-state index in [0.717, 1.165) is 22.2 Å². The first kappa shape index (κ1) is 16.4. The molecule has 0 spiro atoms. The molecule has 0 aliphatic rings. The van der Waals surface area contributed by atoms with E-state index in [1.165, 1.54) is 11.3 Å². The number of nitrogens with one attached hydrogen (secondary N) is 1. The number of hydrogen-bond acceptors (Lipinski definition) is 3. The summed E-state index contributed by atoms with van der Waals surface area (Å²) in [5.74, 6) is -0.162. The molecule has 0 aliphatic heterocycles. The summed E-state index contributed by atoms with van der Waals surface area (Å²) in [4.78, 5) is 24.8. The number of aryl methyl sites for hydroxylation is 2. The van der Waals surface area contributed by atoms with Gasteiger partial charge in [-0.3, -0.25) is 13.9 Å². The Labute approximate surface area is 154 Å². The van der Waals surface area contributed by atoms with E-state index in [-0.39, 0.29) is 11.6 Å². The molecule has 6 heteroatoms. The molecule has 0 saturated heterocycles. The zero-order chi connectivity index (χ0) is 18.3. The molecule has 0 fully saturated rings. The Morgan fingerprint density at radius 2 is 1.69 bits per heavy atom. The molecule has 1 amide bonds. The minimum Gasteiger partial charge on any atom is -0.322 e. The van der Waals surface area contributed by atoms with Gasteiger partial charge in [0.1, 0.15) is 0 Å². The van der Waals surface area contributed by atoms with Gasteiger partial charge in [0.25, 0.3) is 5.91 Å². The summed E-state index contributed by atoms with van der Waals surface area (Å²) >= 11 is 1.50. The van der Waals surface area contributed by atoms with E-state index in [0.29, 0.717) is 11.3 Å². The number of amides is 1. The Balaban J connectivity index is 1.68. The SMILES string of the molecule is Cn1c(=O)n(C)c2cc(NC(=O)c3cscc3-c3ccccc3)ccc21. The number of imidazole rings is 1. The summed E-state index contributed by atoms with van der Waals surface area (Å²) < 4.78 is 3.16. The normalized spacial score (nSPS) is 11.0. The van der Waals surface area contributed by atoms with E-state index >= 15 is 0 Å². The van der Waals surface area contributed by atoms with E-state index in [1.54, 1.807) is 23.2 Å². The fraction of sp³-hybridized carbons (Fsp3) is 0.100. The van der Waals surface area contributed by atoms with Gasteiger partial charge in [-0.1, -0.05) is 30.3 Å². The summed E-state index contributed by atoms with van der Waals surface area (Å²) in [7, 11) is 3.46. The second-order valence-electron chi connectivity index (χ2n) is 6.12. The van der Waals surface area contributed by atoms with Crippen LogP contribution >= 0.6 is 11.3 Å². The number of carbonyl (C=O) groups is 1. The molecule has 26 heavy (non-hydrogen) atoms. The maximum absolute atomic E-state index is 12.8. The summed E-state index contributed by atoms with van der Waals surface area (Å²) in [6, 6.07) is 15.3. The molecule has 130 valence electrons. The number of nitrogens with zero attached hydrogens (tertiary/aromatic N) is 2. The summed E-state index contributed by atoms with van der Waals surface area (Å²) in [6.45, 7) is 0. The van der Waals surface area contributed by atoms with Crippen LogP contribution in [0, 0.1) is 0 Å². The van der Waals surface area contributed by atoms with Gasteiger partial charge in [0.05, 0.1) is 16.6 Å². The van der Waals surface area contributed by atoms with E-state index < -0.39 is 0 Å². The van der Waals surface area contributed by atoms with Gasteiger partial charge in [-0.2, -0.15) is 11.3 Å². The molecule has 0 bridgehead atoms. The third-order valence-electron chi connectivity index (χ3n) is 4.52. The lowest BCUT2D eigenvalue weighted by Gasteiger charge is -2.07. The lowest BCUT2D eigenvalue weighted by molar-refractivity contribution is 0.102. The third-order valence-corrected chi connectivity index (χ3v) is 5.26. The molecular weight excluding hydrogens is 346 g/mol. The average molecular weight is 363 g/mol. The van der Waals surface area contributed by atoms with E-state index in [9.17, 15) is 9.59 Å². The molecule has 0 saturated carbocycles. The first-order valence-electron chi connectivity index (χ1n) is 8.14. The first-order valence-corrected chi connectivity index (χ1v) is 9.09. The van der Waals surface area contributed by atoms with Crippen LogP contribution in [0.25, 0.3) is 22.2 Å². The first-order chi connectivity index (χ1) is 12.6. The summed E-state index contributed by atoms with van der Waals surface area (Å²) in [6.07, 6.45) is 0. The minimum absolute atomic E-state index is 0.0901.